The van der Waals surface area contributed by atoms with E-state index in [9.17, 15) is 0 Å². The Labute approximate surface area is 101 Å². The number of piperazine rings is 1. The largest absolute Gasteiger partial charge is 0.300 e. The first-order chi connectivity index (χ1) is 7.59. The molecule has 0 saturated carbocycles. The van der Waals surface area contributed by atoms with Gasteiger partial charge in [-0.15, -0.1) is 11.8 Å². The Bertz CT molecular complexity index is 239. The van der Waals surface area contributed by atoms with E-state index in [2.05, 4.69) is 49.3 Å². The van der Waals surface area contributed by atoms with Crippen LogP contribution >= 0.6 is 0 Å². The van der Waals surface area contributed by atoms with Crippen LogP contribution < -0.4 is 0 Å². The molecule has 0 amide bonds. The third-order valence-electron chi connectivity index (χ3n) is 3.08. The predicted molar refractivity (Wildman–Crippen MR) is 70.4 cm³/mol. The van der Waals surface area contributed by atoms with Crippen LogP contribution in [-0.4, -0.2) is 48.6 Å². The van der Waals surface area contributed by atoms with Gasteiger partial charge in [0.05, 0.1) is 0 Å². The molecule has 1 saturated heterocycles. The van der Waals surface area contributed by atoms with Crippen molar-refractivity contribution in [1.29, 1.82) is 0 Å². The van der Waals surface area contributed by atoms with Crippen molar-refractivity contribution in [3.05, 3.63) is 0 Å². The van der Waals surface area contributed by atoms with E-state index in [-0.39, 0.29) is 0 Å². The lowest BCUT2D eigenvalue weighted by Gasteiger charge is -2.36. The Morgan fingerprint density at radius 2 is 1.62 bits per heavy atom. The smallest absolute Gasteiger partial charge is 0.0217 e. The van der Waals surface area contributed by atoms with E-state index in [0.29, 0.717) is 12.0 Å². The van der Waals surface area contributed by atoms with Crippen molar-refractivity contribution in [2.75, 3.05) is 32.7 Å². The van der Waals surface area contributed by atoms with Crippen molar-refractivity contribution >= 4 is 0 Å². The lowest BCUT2D eigenvalue weighted by molar-refractivity contribution is 0.110. The molecular weight excluding hydrogens is 196 g/mol. The summed E-state index contributed by atoms with van der Waals surface area (Å²) in [6.07, 6.45) is 1.03. The molecule has 0 aromatic heterocycles. The van der Waals surface area contributed by atoms with Crippen LogP contribution in [0.4, 0.5) is 0 Å². The van der Waals surface area contributed by atoms with Crippen molar-refractivity contribution in [2.24, 2.45) is 5.92 Å². The number of hydrogen-bond acceptors (Lipinski definition) is 2. The summed E-state index contributed by atoms with van der Waals surface area (Å²) in [5, 5.41) is 0. The third kappa shape index (κ3) is 5.01. The van der Waals surface area contributed by atoms with E-state index in [0.717, 1.165) is 13.0 Å². The molecule has 1 aliphatic rings. The summed E-state index contributed by atoms with van der Waals surface area (Å²) in [7, 11) is 0. The van der Waals surface area contributed by atoms with Crippen LogP contribution in [0.2, 0.25) is 0 Å². The summed E-state index contributed by atoms with van der Waals surface area (Å²) in [5.41, 5.74) is 0. The second-order valence-corrected chi connectivity index (χ2v) is 5.20. The fourth-order valence-corrected chi connectivity index (χ4v) is 1.99. The zero-order valence-corrected chi connectivity index (χ0v) is 11.3. The van der Waals surface area contributed by atoms with Crippen molar-refractivity contribution < 1.29 is 0 Å². The molecule has 2 nitrogen and oxygen atoms in total. The van der Waals surface area contributed by atoms with Crippen LogP contribution in [0, 0.1) is 17.8 Å². The van der Waals surface area contributed by atoms with E-state index < -0.39 is 0 Å². The van der Waals surface area contributed by atoms with Gasteiger partial charge in [-0.2, -0.15) is 0 Å². The van der Waals surface area contributed by atoms with Gasteiger partial charge < -0.3 is 0 Å². The van der Waals surface area contributed by atoms with Crippen LogP contribution in [0.5, 0.6) is 0 Å². The second kappa shape index (κ2) is 6.93. The Morgan fingerprint density at radius 1 is 1.00 bits per heavy atom. The lowest BCUT2D eigenvalue weighted by atomic mass is 10.2. The molecule has 1 fully saturated rings. The molecular formula is C14H26N2. The van der Waals surface area contributed by atoms with Crippen molar-refractivity contribution in [3.63, 3.8) is 0 Å². The molecule has 16 heavy (non-hydrogen) atoms. The highest BCUT2D eigenvalue weighted by Gasteiger charge is 2.17. The number of rotatable bonds is 3. The maximum atomic E-state index is 3.26. The SMILES string of the molecule is CC(C)C#CCCN1CCN(C(C)C)CC1. The molecule has 0 spiro atoms. The van der Waals surface area contributed by atoms with Crippen molar-refractivity contribution in [1.82, 2.24) is 9.80 Å². The zero-order valence-electron chi connectivity index (χ0n) is 11.3. The van der Waals surface area contributed by atoms with Crippen LogP contribution in [0.25, 0.3) is 0 Å². The normalized spacial score (nSPS) is 18.9. The van der Waals surface area contributed by atoms with E-state index in [1.54, 1.807) is 0 Å². The average molecular weight is 222 g/mol. The van der Waals surface area contributed by atoms with Gasteiger partial charge in [-0.3, -0.25) is 9.80 Å². The fourth-order valence-electron chi connectivity index (χ4n) is 1.99. The molecule has 0 bridgehead atoms. The number of nitrogens with zero attached hydrogens (tertiary/aromatic N) is 2. The van der Waals surface area contributed by atoms with E-state index in [1.807, 2.05) is 0 Å². The van der Waals surface area contributed by atoms with Gasteiger partial charge in [0.1, 0.15) is 0 Å². The summed E-state index contributed by atoms with van der Waals surface area (Å²) in [6, 6.07) is 0.697. The van der Waals surface area contributed by atoms with Crippen LogP contribution in [0.15, 0.2) is 0 Å². The quantitative estimate of drug-likeness (QED) is 0.675. The van der Waals surface area contributed by atoms with Gasteiger partial charge in [0, 0.05) is 51.1 Å². The van der Waals surface area contributed by atoms with E-state index in [4.69, 9.17) is 0 Å². The van der Waals surface area contributed by atoms with Gasteiger partial charge in [-0.05, 0) is 13.8 Å². The highest BCUT2D eigenvalue weighted by molar-refractivity contribution is 5.01. The van der Waals surface area contributed by atoms with Gasteiger partial charge in [0.15, 0.2) is 0 Å². The molecule has 0 N–H and O–H groups in total. The topological polar surface area (TPSA) is 6.48 Å². The summed E-state index contributed by atoms with van der Waals surface area (Å²) in [5.74, 6) is 7.00. The third-order valence-corrected chi connectivity index (χ3v) is 3.08. The Balaban J connectivity index is 2.16. The molecule has 0 aliphatic carbocycles. The zero-order chi connectivity index (χ0) is 12.0. The maximum absolute atomic E-state index is 3.26. The van der Waals surface area contributed by atoms with Crippen LogP contribution in [0.1, 0.15) is 34.1 Å². The molecule has 0 aromatic rings. The average Bonchev–Trinajstić information content (AvgIpc) is 2.25. The molecule has 0 atom stereocenters. The Kier molecular flexibility index (Phi) is 5.87. The summed E-state index contributed by atoms with van der Waals surface area (Å²) in [4.78, 5) is 5.09. The van der Waals surface area contributed by atoms with E-state index in [1.165, 1.54) is 26.2 Å². The highest BCUT2D eigenvalue weighted by Crippen LogP contribution is 2.05. The maximum Gasteiger partial charge on any atom is 0.0217 e. The Hall–Kier alpha value is -0.520. The van der Waals surface area contributed by atoms with Crippen molar-refractivity contribution in [3.8, 4) is 11.8 Å². The molecule has 0 aromatic carbocycles. The van der Waals surface area contributed by atoms with Crippen LogP contribution in [-0.2, 0) is 0 Å². The fraction of sp³-hybridized carbons (Fsp3) is 0.857. The van der Waals surface area contributed by atoms with E-state index >= 15 is 0 Å². The monoisotopic (exact) mass is 222 g/mol. The van der Waals surface area contributed by atoms with Crippen LogP contribution in [0.3, 0.4) is 0 Å². The second-order valence-electron chi connectivity index (χ2n) is 5.20. The molecule has 0 unspecified atom stereocenters. The minimum absolute atomic E-state index is 0.512. The molecule has 0 radical (unpaired) electrons. The molecule has 2 heteroatoms. The van der Waals surface area contributed by atoms with Gasteiger partial charge in [-0.25, -0.2) is 0 Å². The first-order valence-electron chi connectivity index (χ1n) is 6.54. The number of hydrogen-bond donors (Lipinski definition) is 0. The molecule has 1 aliphatic heterocycles. The Morgan fingerprint density at radius 3 is 2.12 bits per heavy atom. The first kappa shape index (κ1) is 13.5. The van der Waals surface area contributed by atoms with Gasteiger partial charge >= 0.3 is 0 Å². The first-order valence-corrected chi connectivity index (χ1v) is 6.54. The minimum Gasteiger partial charge on any atom is -0.300 e. The summed E-state index contributed by atoms with van der Waals surface area (Å²) in [6.45, 7) is 14.9. The standard InChI is InChI=1S/C14H26N2/c1-13(2)7-5-6-8-15-9-11-16(12-10-15)14(3)4/h13-14H,6,8-12H2,1-4H3. The summed E-state index contributed by atoms with van der Waals surface area (Å²) < 4.78 is 0. The highest BCUT2D eigenvalue weighted by atomic mass is 15.3. The summed E-state index contributed by atoms with van der Waals surface area (Å²) >= 11 is 0. The predicted octanol–water partition coefficient (Wildman–Crippen LogP) is 2.06. The molecule has 1 rings (SSSR count). The lowest BCUT2D eigenvalue weighted by Crippen LogP contribution is -2.48. The molecule has 1 heterocycles. The van der Waals surface area contributed by atoms with Gasteiger partial charge in [-0.1, -0.05) is 13.8 Å². The minimum atomic E-state index is 0.512. The van der Waals surface area contributed by atoms with Gasteiger partial charge in [0.25, 0.3) is 0 Å². The van der Waals surface area contributed by atoms with Crippen molar-refractivity contribution in [2.45, 2.75) is 40.2 Å². The molecule has 92 valence electrons. The van der Waals surface area contributed by atoms with Gasteiger partial charge in [0.2, 0.25) is 0 Å².